The van der Waals surface area contributed by atoms with Gasteiger partial charge < -0.3 is 20.1 Å². The van der Waals surface area contributed by atoms with Crippen molar-refractivity contribution >= 4 is 11.8 Å². The molecule has 0 aliphatic rings. The number of carbonyl (C=O) groups excluding carboxylic acids is 2. The molecular weight excluding hydrogens is 356 g/mol. The number of para-hydroxylation sites is 1. The zero-order valence-corrected chi connectivity index (χ0v) is 16.8. The van der Waals surface area contributed by atoms with Gasteiger partial charge in [0.15, 0.2) is 6.10 Å². The first kappa shape index (κ1) is 21.3. The number of ether oxygens (including phenoxy) is 2. The Bertz CT molecular complexity index is 787. The Morgan fingerprint density at radius 3 is 2.21 bits per heavy atom. The number of methoxy groups -OCH3 is 1. The number of rotatable bonds is 9. The molecule has 0 bridgehead atoms. The van der Waals surface area contributed by atoms with Crippen LogP contribution in [0.5, 0.6) is 11.5 Å². The smallest absolute Gasteiger partial charge is 0.260 e. The molecule has 0 saturated heterocycles. The van der Waals surface area contributed by atoms with Gasteiger partial charge in [-0.1, -0.05) is 38.1 Å². The third-order valence-electron chi connectivity index (χ3n) is 4.29. The number of nitrogens with one attached hydrogen (secondary N) is 2. The van der Waals surface area contributed by atoms with Crippen LogP contribution in [0, 0.1) is 0 Å². The molecule has 2 aromatic rings. The standard InChI is InChI=1S/C22H28N2O4/c1-15(2)17-9-11-18(12-10-17)28-16(3)21(25)23-13-14-24-22(26)19-7-5-6-8-20(19)27-4/h5-12,15-16H,13-14H2,1-4H3,(H,23,25)(H,24,26). The minimum Gasteiger partial charge on any atom is -0.496 e. The van der Waals surface area contributed by atoms with Crippen molar-refractivity contribution in [2.45, 2.75) is 32.8 Å². The van der Waals surface area contributed by atoms with Gasteiger partial charge in [-0.3, -0.25) is 9.59 Å². The van der Waals surface area contributed by atoms with Crippen LogP contribution in [0.4, 0.5) is 0 Å². The van der Waals surface area contributed by atoms with Gasteiger partial charge in [0.2, 0.25) is 0 Å². The van der Waals surface area contributed by atoms with Gasteiger partial charge in [0.1, 0.15) is 11.5 Å². The van der Waals surface area contributed by atoms with E-state index in [4.69, 9.17) is 9.47 Å². The van der Waals surface area contributed by atoms with Crippen LogP contribution in [0.25, 0.3) is 0 Å². The molecule has 0 aliphatic heterocycles. The third-order valence-corrected chi connectivity index (χ3v) is 4.29. The Balaban J connectivity index is 1.75. The lowest BCUT2D eigenvalue weighted by molar-refractivity contribution is -0.127. The van der Waals surface area contributed by atoms with Gasteiger partial charge >= 0.3 is 0 Å². The van der Waals surface area contributed by atoms with Crippen LogP contribution >= 0.6 is 0 Å². The fourth-order valence-electron chi connectivity index (χ4n) is 2.62. The lowest BCUT2D eigenvalue weighted by Gasteiger charge is -2.16. The molecule has 0 aromatic heterocycles. The lowest BCUT2D eigenvalue weighted by Crippen LogP contribution is -2.40. The predicted octanol–water partition coefficient (Wildman–Crippen LogP) is 3.13. The van der Waals surface area contributed by atoms with Crippen molar-refractivity contribution in [1.29, 1.82) is 0 Å². The van der Waals surface area contributed by atoms with Gasteiger partial charge in [-0.2, -0.15) is 0 Å². The first-order valence-corrected chi connectivity index (χ1v) is 9.38. The summed E-state index contributed by atoms with van der Waals surface area (Å²) in [5.74, 6) is 1.12. The van der Waals surface area contributed by atoms with Crippen LogP contribution in [-0.2, 0) is 4.79 Å². The maximum Gasteiger partial charge on any atom is 0.260 e. The van der Waals surface area contributed by atoms with E-state index in [0.717, 1.165) is 0 Å². The van der Waals surface area contributed by atoms with Crippen molar-refractivity contribution in [3.05, 3.63) is 59.7 Å². The number of hydrogen-bond donors (Lipinski definition) is 2. The average molecular weight is 384 g/mol. The molecule has 2 amide bonds. The molecule has 28 heavy (non-hydrogen) atoms. The Labute approximate surface area is 166 Å². The SMILES string of the molecule is COc1ccccc1C(=O)NCCNC(=O)C(C)Oc1ccc(C(C)C)cc1. The quantitative estimate of drug-likeness (QED) is 0.651. The first-order chi connectivity index (χ1) is 13.4. The van der Waals surface area contributed by atoms with Gasteiger partial charge in [0.05, 0.1) is 12.7 Å². The highest BCUT2D eigenvalue weighted by molar-refractivity contribution is 5.96. The number of hydrogen-bond acceptors (Lipinski definition) is 4. The van der Waals surface area contributed by atoms with Crippen molar-refractivity contribution in [2.75, 3.05) is 20.2 Å². The summed E-state index contributed by atoms with van der Waals surface area (Å²) in [5, 5.41) is 5.52. The molecule has 0 saturated carbocycles. The average Bonchev–Trinajstić information content (AvgIpc) is 2.71. The molecule has 0 radical (unpaired) electrons. The van der Waals surface area contributed by atoms with Gasteiger partial charge in [-0.25, -0.2) is 0 Å². The molecule has 0 spiro atoms. The number of carbonyl (C=O) groups is 2. The predicted molar refractivity (Wildman–Crippen MR) is 109 cm³/mol. The van der Waals surface area contributed by atoms with Crippen LogP contribution in [0.2, 0.25) is 0 Å². The third kappa shape index (κ3) is 6.01. The molecule has 2 rings (SSSR count). The Morgan fingerprint density at radius 1 is 0.929 bits per heavy atom. The van der Waals surface area contributed by atoms with E-state index in [9.17, 15) is 9.59 Å². The topological polar surface area (TPSA) is 76.7 Å². The molecule has 0 fully saturated rings. The van der Waals surface area contributed by atoms with E-state index in [1.165, 1.54) is 12.7 Å². The normalized spacial score (nSPS) is 11.6. The van der Waals surface area contributed by atoms with Gasteiger partial charge in [-0.05, 0) is 42.7 Å². The van der Waals surface area contributed by atoms with Crippen molar-refractivity contribution in [3.8, 4) is 11.5 Å². The zero-order valence-electron chi connectivity index (χ0n) is 16.8. The molecule has 150 valence electrons. The Hall–Kier alpha value is -3.02. The zero-order chi connectivity index (χ0) is 20.5. The largest absolute Gasteiger partial charge is 0.496 e. The Morgan fingerprint density at radius 2 is 1.57 bits per heavy atom. The van der Waals surface area contributed by atoms with Crippen LogP contribution in [-0.4, -0.2) is 38.1 Å². The van der Waals surface area contributed by atoms with Crippen LogP contribution in [0.3, 0.4) is 0 Å². The van der Waals surface area contributed by atoms with Crippen LogP contribution in [0.1, 0.15) is 42.6 Å². The van der Waals surface area contributed by atoms with E-state index in [1.54, 1.807) is 31.2 Å². The molecule has 2 N–H and O–H groups in total. The lowest BCUT2D eigenvalue weighted by atomic mass is 10.0. The summed E-state index contributed by atoms with van der Waals surface area (Å²) >= 11 is 0. The number of benzene rings is 2. The highest BCUT2D eigenvalue weighted by atomic mass is 16.5. The minimum atomic E-state index is -0.630. The second-order valence-corrected chi connectivity index (χ2v) is 6.73. The molecule has 6 heteroatoms. The second kappa shape index (κ2) is 10.3. The van der Waals surface area contributed by atoms with Gasteiger partial charge in [-0.15, -0.1) is 0 Å². The molecule has 2 aromatic carbocycles. The summed E-state index contributed by atoms with van der Waals surface area (Å²) in [6.07, 6.45) is -0.630. The molecule has 0 aliphatic carbocycles. The van der Waals surface area contributed by atoms with Crippen LogP contribution in [0.15, 0.2) is 48.5 Å². The fourth-order valence-corrected chi connectivity index (χ4v) is 2.62. The monoisotopic (exact) mass is 384 g/mol. The maximum atomic E-state index is 12.2. The van der Waals surface area contributed by atoms with E-state index < -0.39 is 6.10 Å². The van der Waals surface area contributed by atoms with Gasteiger partial charge in [0.25, 0.3) is 11.8 Å². The molecule has 0 heterocycles. The summed E-state index contributed by atoms with van der Waals surface area (Å²) in [4.78, 5) is 24.4. The molecule has 1 unspecified atom stereocenters. The van der Waals surface area contributed by atoms with Gasteiger partial charge in [0, 0.05) is 13.1 Å². The summed E-state index contributed by atoms with van der Waals surface area (Å²) in [6, 6.07) is 14.7. The number of amides is 2. The minimum absolute atomic E-state index is 0.237. The Kier molecular flexibility index (Phi) is 7.87. The summed E-state index contributed by atoms with van der Waals surface area (Å²) in [7, 11) is 1.52. The summed E-state index contributed by atoms with van der Waals surface area (Å²) < 4.78 is 10.8. The summed E-state index contributed by atoms with van der Waals surface area (Å²) in [5.41, 5.74) is 1.67. The second-order valence-electron chi connectivity index (χ2n) is 6.73. The maximum absolute atomic E-state index is 12.2. The highest BCUT2D eigenvalue weighted by Gasteiger charge is 2.15. The molecular formula is C22H28N2O4. The van der Waals surface area contributed by atoms with E-state index in [1.807, 2.05) is 24.3 Å². The highest BCUT2D eigenvalue weighted by Crippen LogP contribution is 2.19. The molecule has 1 atom stereocenters. The van der Waals surface area contributed by atoms with E-state index in [-0.39, 0.29) is 11.8 Å². The van der Waals surface area contributed by atoms with Crippen LogP contribution < -0.4 is 20.1 Å². The summed E-state index contributed by atoms with van der Waals surface area (Å²) in [6.45, 7) is 6.55. The van der Waals surface area contributed by atoms with E-state index >= 15 is 0 Å². The molecule has 6 nitrogen and oxygen atoms in total. The fraction of sp³-hybridized carbons (Fsp3) is 0.364. The van der Waals surface area contributed by atoms with Crippen molar-refractivity contribution in [3.63, 3.8) is 0 Å². The first-order valence-electron chi connectivity index (χ1n) is 9.38. The van der Waals surface area contributed by atoms with E-state index in [0.29, 0.717) is 36.1 Å². The van der Waals surface area contributed by atoms with Crippen molar-refractivity contribution in [2.24, 2.45) is 0 Å². The van der Waals surface area contributed by atoms with E-state index in [2.05, 4.69) is 24.5 Å². The van der Waals surface area contributed by atoms with Crippen molar-refractivity contribution < 1.29 is 19.1 Å². The van der Waals surface area contributed by atoms with Crippen molar-refractivity contribution in [1.82, 2.24) is 10.6 Å².